The second kappa shape index (κ2) is 5.17. The average molecular weight is 287 g/mol. The first-order valence-electron chi connectivity index (χ1n) is 6.03. The first-order chi connectivity index (χ1) is 8.91. The lowest BCUT2D eigenvalue weighted by molar-refractivity contribution is 0.215. The summed E-state index contributed by atoms with van der Waals surface area (Å²) in [6.45, 7) is 4.20. The van der Waals surface area contributed by atoms with Gasteiger partial charge in [-0.15, -0.1) is 0 Å². The highest BCUT2D eigenvalue weighted by atomic mass is 32.2. The molecule has 8 nitrogen and oxygen atoms in total. The number of hydrogen-bond donors (Lipinski definition) is 2. The molecule has 1 saturated heterocycles. The van der Waals surface area contributed by atoms with Crippen LogP contribution in [0.4, 0.5) is 4.79 Å². The Balaban J connectivity index is 2.11. The first kappa shape index (κ1) is 13.8. The zero-order valence-electron chi connectivity index (χ0n) is 10.7. The highest BCUT2D eigenvalue weighted by Gasteiger charge is 2.20. The van der Waals surface area contributed by atoms with Gasteiger partial charge in [-0.25, -0.2) is 23.3 Å². The van der Waals surface area contributed by atoms with E-state index in [0.29, 0.717) is 38.4 Å². The molecule has 2 rings (SSSR count). The van der Waals surface area contributed by atoms with Crippen molar-refractivity contribution in [3.8, 4) is 0 Å². The van der Waals surface area contributed by atoms with Crippen molar-refractivity contribution in [2.24, 2.45) is 5.14 Å². The van der Waals surface area contributed by atoms with Crippen molar-refractivity contribution in [3.05, 3.63) is 12.0 Å². The number of hydrogen-bond acceptors (Lipinski definition) is 4. The molecule has 3 N–H and O–H groups in total. The molecule has 0 radical (unpaired) electrons. The number of carbonyl (C=O) groups excluding carboxylic acids is 1. The molecule has 0 bridgehead atoms. The minimum atomic E-state index is -3.79. The maximum Gasteiger partial charge on any atom is 0.317 e. The molecule has 0 atom stereocenters. The lowest BCUT2D eigenvalue weighted by Crippen LogP contribution is -2.31. The van der Waals surface area contributed by atoms with E-state index in [9.17, 15) is 13.2 Å². The van der Waals surface area contributed by atoms with Crippen LogP contribution in [0.15, 0.2) is 11.2 Å². The molecule has 106 valence electrons. The highest BCUT2D eigenvalue weighted by Crippen LogP contribution is 2.09. The number of nitrogens with zero attached hydrogens (tertiary/aromatic N) is 3. The van der Waals surface area contributed by atoms with Crippen LogP contribution in [0.25, 0.3) is 0 Å². The first-order valence-corrected chi connectivity index (χ1v) is 7.58. The summed E-state index contributed by atoms with van der Waals surface area (Å²) in [4.78, 5) is 17.1. The van der Waals surface area contributed by atoms with Crippen LogP contribution < -0.4 is 10.5 Å². The van der Waals surface area contributed by atoms with Crippen molar-refractivity contribution in [3.63, 3.8) is 0 Å². The third-order valence-electron chi connectivity index (χ3n) is 3.00. The predicted molar refractivity (Wildman–Crippen MR) is 67.9 cm³/mol. The lowest BCUT2D eigenvalue weighted by atomic mass is 10.4. The Labute approximate surface area is 111 Å². The second-order valence-electron chi connectivity index (χ2n) is 4.31. The number of nitrogens with one attached hydrogen (secondary N) is 1. The summed E-state index contributed by atoms with van der Waals surface area (Å²) in [5.41, 5.74) is 0. The van der Waals surface area contributed by atoms with Gasteiger partial charge in [-0.05, 0) is 0 Å². The molecule has 9 heteroatoms. The summed E-state index contributed by atoms with van der Waals surface area (Å²) >= 11 is 0. The fourth-order valence-corrected chi connectivity index (χ4v) is 2.50. The van der Waals surface area contributed by atoms with E-state index in [1.54, 1.807) is 9.47 Å². The minimum absolute atomic E-state index is 0.0927. The van der Waals surface area contributed by atoms with Crippen molar-refractivity contribution in [2.75, 3.05) is 19.6 Å². The number of aromatic nitrogens is 2. The fraction of sp³-hybridized carbons (Fsp3) is 0.600. The molecule has 0 saturated carbocycles. The van der Waals surface area contributed by atoms with Crippen LogP contribution in [-0.2, 0) is 23.0 Å². The zero-order chi connectivity index (χ0) is 14.0. The molecule has 0 unspecified atom stereocenters. The van der Waals surface area contributed by atoms with Gasteiger partial charge in [0.25, 0.3) is 10.0 Å². The van der Waals surface area contributed by atoms with Crippen LogP contribution in [-0.4, -0.2) is 48.5 Å². The Kier molecular flexibility index (Phi) is 3.76. The van der Waals surface area contributed by atoms with Gasteiger partial charge < -0.3 is 14.8 Å². The summed E-state index contributed by atoms with van der Waals surface area (Å²) < 4.78 is 24.2. The van der Waals surface area contributed by atoms with E-state index in [1.807, 2.05) is 6.92 Å². The monoisotopic (exact) mass is 287 g/mol. The number of nitrogens with two attached hydrogens (primary N) is 1. The maximum absolute atomic E-state index is 11.4. The summed E-state index contributed by atoms with van der Waals surface area (Å²) in [7, 11) is -3.79. The number of amides is 2. The molecule has 2 amide bonds. The van der Waals surface area contributed by atoms with Crippen LogP contribution in [0.1, 0.15) is 12.7 Å². The number of aryl methyl sites for hydroxylation is 1. The standard InChI is InChI=1S/C10H17N5O3S/c1-2-8-13-9(19(11,17)18)7-15(8)6-5-14-4-3-12-10(14)16/h7H,2-6H2,1H3,(H,12,16)(H2,11,17,18). The zero-order valence-corrected chi connectivity index (χ0v) is 11.5. The van der Waals surface area contributed by atoms with Crippen molar-refractivity contribution in [1.82, 2.24) is 19.8 Å². The van der Waals surface area contributed by atoms with Crippen molar-refractivity contribution >= 4 is 16.1 Å². The Morgan fingerprint density at radius 1 is 1.47 bits per heavy atom. The second-order valence-corrected chi connectivity index (χ2v) is 5.81. The topological polar surface area (TPSA) is 110 Å². The highest BCUT2D eigenvalue weighted by molar-refractivity contribution is 7.89. The smallest absolute Gasteiger partial charge is 0.317 e. The maximum atomic E-state index is 11.4. The normalized spacial score (nSPS) is 15.9. The van der Waals surface area contributed by atoms with E-state index in [4.69, 9.17) is 5.14 Å². The van der Waals surface area contributed by atoms with Gasteiger partial charge in [-0.1, -0.05) is 6.92 Å². The number of imidazole rings is 1. The summed E-state index contributed by atoms with van der Waals surface area (Å²) in [6.07, 6.45) is 2.02. The molecule has 0 aliphatic carbocycles. The van der Waals surface area contributed by atoms with Gasteiger partial charge in [-0.3, -0.25) is 0 Å². The molecule has 0 aromatic carbocycles. The van der Waals surface area contributed by atoms with Gasteiger partial charge in [-0.2, -0.15) is 0 Å². The molecule has 1 aliphatic rings. The molecular weight excluding hydrogens is 270 g/mol. The summed E-state index contributed by atoms with van der Waals surface area (Å²) in [5, 5.41) is 7.64. The Hall–Kier alpha value is -1.61. The molecule has 19 heavy (non-hydrogen) atoms. The van der Waals surface area contributed by atoms with Crippen LogP contribution in [0.5, 0.6) is 0 Å². The van der Waals surface area contributed by atoms with Gasteiger partial charge in [0.1, 0.15) is 5.82 Å². The predicted octanol–water partition coefficient (Wildman–Crippen LogP) is -0.882. The van der Waals surface area contributed by atoms with E-state index in [-0.39, 0.29) is 11.1 Å². The van der Waals surface area contributed by atoms with Crippen molar-refractivity contribution in [2.45, 2.75) is 24.9 Å². The van der Waals surface area contributed by atoms with E-state index in [1.165, 1.54) is 6.20 Å². The van der Waals surface area contributed by atoms with Crippen LogP contribution in [0.2, 0.25) is 0 Å². The Morgan fingerprint density at radius 2 is 2.21 bits per heavy atom. The number of primary sulfonamides is 1. The molecular formula is C10H17N5O3S. The molecule has 0 spiro atoms. The van der Waals surface area contributed by atoms with Crippen molar-refractivity contribution < 1.29 is 13.2 Å². The molecule has 1 aromatic rings. The molecule has 1 fully saturated rings. The van der Waals surface area contributed by atoms with Crippen LogP contribution in [0.3, 0.4) is 0 Å². The molecule has 1 aromatic heterocycles. The third-order valence-corrected chi connectivity index (χ3v) is 3.78. The lowest BCUT2D eigenvalue weighted by Gasteiger charge is -2.15. The fourth-order valence-electron chi connectivity index (χ4n) is 1.99. The molecule has 2 heterocycles. The summed E-state index contributed by atoms with van der Waals surface area (Å²) in [6, 6.07) is -0.0927. The third kappa shape index (κ3) is 3.04. The average Bonchev–Trinajstić information content (AvgIpc) is 2.91. The van der Waals surface area contributed by atoms with Crippen LogP contribution in [0, 0.1) is 0 Å². The largest absolute Gasteiger partial charge is 0.336 e. The van der Waals surface area contributed by atoms with E-state index in [0.717, 1.165) is 0 Å². The van der Waals surface area contributed by atoms with Crippen molar-refractivity contribution in [1.29, 1.82) is 0 Å². The number of carbonyl (C=O) groups is 1. The number of rotatable bonds is 5. The van der Waals surface area contributed by atoms with Gasteiger partial charge in [0.15, 0.2) is 5.03 Å². The Morgan fingerprint density at radius 3 is 2.74 bits per heavy atom. The van der Waals surface area contributed by atoms with E-state index in [2.05, 4.69) is 10.3 Å². The number of urea groups is 1. The van der Waals surface area contributed by atoms with Crippen LogP contribution >= 0.6 is 0 Å². The Bertz CT molecular complexity index is 580. The van der Waals surface area contributed by atoms with Gasteiger partial charge in [0, 0.05) is 38.8 Å². The molecule has 1 aliphatic heterocycles. The SMILES string of the molecule is CCc1nc(S(N)(=O)=O)cn1CCN1CCNC1=O. The number of sulfonamides is 1. The van der Waals surface area contributed by atoms with E-state index < -0.39 is 10.0 Å². The van der Waals surface area contributed by atoms with Gasteiger partial charge >= 0.3 is 6.03 Å². The quantitative estimate of drug-likeness (QED) is 0.732. The summed E-state index contributed by atoms with van der Waals surface area (Å²) in [5.74, 6) is 0.642. The van der Waals surface area contributed by atoms with E-state index >= 15 is 0 Å². The van der Waals surface area contributed by atoms with Gasteiger partial charge in [0.05, 0.1) is 0 Å². The van der Waals surface area contributed by atoms with Gasteiger partial charge in [0.2, 0.25) is 0 Å². The minimum Gasteiger partial charge on any atom is -0.336 e.